The molecule has 2 aliphatic rings. The zero-order chi connectivity index (χ0) is 15.0. The molecule has 0 radical (unpaired) electrons. The van der Waals surface area contributed by atoms with Crippen LogP contribution in [0.4, 0.5) is 0 Å². The molecular weight excluding hydrogens is 266 g/mol. The molecule has 112 valence electrons. The van der Waals surface area contributed by atoms with Crippen molar-refractivity contribution in [3.63, 3.8) is 0 Å². The fraction of sp³-hybridized carbons (Fsp3) is 0.500. The highest BCUT2D eigenvalue weighted by molar-refractivity contribution is 5.99. The number of nitrogens with zero attached hydrogens (tertiary/aromatic N) is 1. The first kappa shape index (κ1) is 14.1. The van der Waals surface area contributed by atoms with Crippen LogP contribution in [0.3, 0.4) is 0 Å². The van der Waals surface area contributed by atoms with E-state index in [1.165, 1.54) is 11.1 Å². The number of fused-ring (bicyclic) bond motifs is 1. The summed E-state index contributed by atoms with van der Waals surface area (Å²) in [5.74, 6) is -0.162. The molecule has 0 bridgehead atoms. The van der Waals surface area contributed by atoms with Crippen molar-refractivity contribution in [2.24, 2.45) is 0 Å². The first-order chi connectivity index (χ1) is 10.00. The van der Waals surface area contributed by atoms with E-state index in [2.05, 4.69) is 10.6 Å². The van der Waals surface area contributed by atoms with Gasteiger partial charge in [-0.15, -0.1) is 0 Å². The second-order valence-electron chi connectivity index (χ2n) is 6.18. The molecule has 1 aromatic carbocycles. The first-order valence-electron chi connectivity index (χ1n) is 7.43. The van der Waals surface area contributed by atoms with E-state index >= 15 is 0 Å². The Bertz CT molecular complexity index is 595. The summed E-state index contributed by atoms with van der Waals surface area (Å²) in [7, 11) is 0. The molecule has 0 saturated carbocycles. The molecule has 0 aliphatic carbocycles. The number of benzene rings is 1. The zero-order valence-electron chi connectivity index (χ0n) is 12.5. The lowest BCUT2D eigenvalue weighted by Crippen LogP contribution is -2.63. The maximum Gasteiger partial charge on any atom is 0.254 e. The van der Waals surface area contributed by atoms with Gasteiger partial charge in [-0.3, -0.25) is 9.59 Å². The molecule has 0 aromatic heterocycles. The van der Waals surface area contributed by atoms with Gasteiger partial charge in [0.25, 0.3) is 5.91 Å². The van der Waals surface area contributed by atoms with Crippen LogP contribution in [0.25, 0.3) is 0 Å². The third-order valence-electron chi connectivity index (χ3n) is 4.44. The summed E-state index contributed by atoms with van der Waals surface area (Å²) in [6, 6.07) is 5.89. The molecule has 1 fully saturated rings. The van der Waals surface area contributed by atoms with Crippen LogP contribution in [0.5, 0.6) is 0 Å². The number of amides is 2. The molecule has 0 atom stereocenters. The molecule has 1 aromatic rings. The van der Waals surface area contributed by atoms with Gasteiger partial charge in [0.1, 0.15) is 5.54 Å². The average Bonchev–Trinajstić information content (AvgIpc) is 2.49. The monoisotopic (exact) mass is 287 g/mol. The smallest absolute Gasteiger partial charge is 0.254 e. The predicted molar refractivity (Wildman–Crippen MR) is 80.0 cm³/mol. The third kappa shape index (κ3) is 2.42. The summed E-state index contributed by atoms with van der Waals surface area (Å²) < 4.78 is 0. The van der Waals surface area contributed by atoms with Crippen molar-refractivity contribution in [1.29, 1.82) is 0 Å². The van der Waals surface area contributed by atoms with Gasteiger partial charge in [-0.2, -0.15) is 0 Å². The fourth-order valence-corrected chi connectivity index (χ4v) is 3.02. The van der Waals surface area contributed by atoms with Crippen LogP contribution in [-0.4, -0.2) is 41.9 Å². The second kappa shape index (κ2) is 5.15. The van der Waals surface area contributed by atoms with Crippen molar-refractivity contribution in [2.45, 2.75) is 32.4 Å². The molecule has 1 saturated heterocycles. The van der Waals surface area contributed by atoms with Crippen LogP contribution in [0, 0.1) is 0 Å². The van der Waals surface area contributed by atoms with E-state index < -0.39 is 5.54 Å². The van der Waals surface area contributed by atoms with Crippen LogP contribution in [0.15, 0.2) is 18.2 Å². The quantitative estimate of drug-likeness (QED) is 0.798. The van der Waals surface area contributed by atoms with Gasteiger partial charge < -0.3 is 15.5 Å². The number of hydrogen-bond donors (Lipinski definition) is 2. The molecule has 21 heavy (non-hydrogen) atoms. The molecule has 2 amide bonds. The number of carbonyl (C=O) groups is 2. The molecule has 0 unspecified atom stereocenters. The van der Waals surface area contributed by atoms with E-state index in [0.29, 0.717) is 18.7 Å². The third-order valence-corrected chi connectivity index (χ3v) is 4.44. The van der Waals surface area contributed by atoms with Gasteiger partial charge >= 0.3 is 0 Å². The average molecular weight is 287 g/mol. The van der Waals surface area contributed by atoms with Gasteiger partial charge in [-0.1, -0.05) is 6.07 Å². The first-order valence-corrected chi connectivity index (χ1v) is 7.43. The van der Waals surface area contributed by atoms with Gasteiger partial charge in [-0.25, -0.2) is 0 Å². The van der Waals surface area contributed by atoms with Crippen LogP contribution in [-0.2, 0) is 17.8 Å². The minimum Gasteiger partial charge on any atom is -0.352 e. The van der Waals surface area contributed by atoms with E-state index in [0.717, 1.165) is 19.5 Å². The van der Waals surface area contributed by atoms with Gasteiger partial charge in [-0.05, 0) is 50.1 Å². The molecule has 3 rings (SSSR count). The van der Waals surface area contributed by atoms with Crippen LogP contribution in [0.2, 0.25) is 0 Å². The van der Waals surface area contributed by atoms with Crippen LogP contribution < -0.4 is 10.6 Å². The molecule has 2 heterocycles. The lowest BCUT2D eigenvalue weighted by molar-refractivity contribution is -0.133. The van der Waals surface area contributed by atoms with E-state index in [-0.39, 0.29) is 11.8 Å². The normalized spacial score (nSPS) is 20.7. The maximum atomic E-state index is 12.8. The number of rotatable bonds is 1. The van der Waals surface area contributed by atoms with Crippen LogP contribution >= 0.6 is 0 Å². The van der Waals surface area contributed by atoms with Crippen LogP contribution in [0.1, 0.15) is 35.3 Å². The minimum absolute atomic E-state index is 0.0665. The minimum atomic E-state index is -0.802. The highest BCUT2D eigenvalue weighted by Crippen LogP contribution is 2.23. The summed E-state index contributed by atoms with van der Waals surface area (Å²) >= 11 is 0. The van der Waals surface area contributed by atoms with Crippen molar-refractivity contribution in [3.05, 3.63) is 34.9 Å². The Morgan fingerprint density at radius 2 is 2.05 bits per heavy atom. The summed E-state index contributed by atoms with van der Waals surface area (Å²) in [5.41, 5.74) is 2.36. The summed E-state index contributed by atoms with van der Waals surface area (Å²) in [6.07, 6.45) is 1.00. The van der Waals surface area contributed by atoms with E-state index in [4.69, 9.17) is 0 Å². The Morgan fingerprint density at radius 1 is 1.24 bits per heavy atom. The van der Waals surface area contributed by atoms with Gasteiger partial charge in [0.2, 0.25) is 5.91 Å². The molecule has 0 spiro atoms. The maximum absolute atomic E-state index is 12.8. The van der Waals surface area contributed by atoms with E-state index in [9.17, 15) is 9.59 Å². The standard InChI is InChI=1S/C16H21N3O2/c1-16(2)15(21)18-7-8-19(16)14(20)12-4-3-11-5-6-17-10-13(11)9-12/h3-4,9,17H,5-8,10H2,1-2H3,(H,18,21). The number of piperazine rings is 1. The largest absolute Gasteiger partial charge is 0.352 e. The fourth-order valence-electron chi connectivity index (χ4n) is 3.02. The molecule has 5 nitrogen and oxygen atoms in total. The van der Waals surface area contributed by atoms with E-state index in [1.807, 2.05) is 18.2 Å². The Hall–Kier alpha value is -1.88. The lowest BCUT2D eigenvalue weighted by Gasteiger charge is -2.41. The lowest BCUT2D eigenvalue weighted by atomic mass is 9.95. The Labute approximate surface area is 124 Å². The zero-order valence-corrected chi connectivity index (χ0v) is 12.5. The van der Waals surface area contributed by atoms with Gasteiger partial charge in [0, 0.05) is 25.2 Å². The molecule has 2 N–H and O–H groups in total. The van der Waals surface area contributed by atoms with Gasteiger partial charge in [0.15, 0.2) is 0 Å². The topological polar surface area (TPSA) is 61.4 Å². The van der Waals surface area contributed by atoms with Crippen molar-refractivity contribution in [2.75, 3.05) is 19.6 Å². The molecule has 2 aliphatic heterocycles. The Morgan fingerprint density at radius 3 is 2.86 bits per heavy atom. The van der Waals surface area contributed by atoms with Crippen molar-refractivity contribution in [3.8, 4) is 0 Å². The molecule has 5 heteroatoms. The number of carbonyl (C=O) groups excluding carboxylic acids is 2. The van der Waals surface area contributed by atoms with E-state index in [1.54, 1.807) is 18.7 Å². The Kier molecular flexibility index (Phi) is 3.45. The second-order valence-corrected chi connectivity index (χ2v) is 6.18. The highest BCUT2D eigenvalue weighted by atomic mass is 16.2. The predicted octanol–water partition coefficient (Wildman–Crippen LogP) is 0.683. The highest BCUT2D eigenvalue weighted by Gasteiger charge is 2.40. The number of nitrogens with one attached hydrogen (secondary N) is 2. The summed E-state index contributed by atoms with van der Waals surface area (Å²) in [4.78, 5) is 26.4. The van der Waals surface area contributed by atoms with Gasteiger partial charge in [0.05, 0.1) is 0 Å². The SMILES string of the molecule is CC1(C)C(=O)NCCN1C(=O)c1ccc2c(c1)CNCC2. The molecular formula is C16H21N3O2. The summed E-state index contributed by atoms with van der Waals surface area (Å²) in [6.45, 7) is 6.44. The van der Waals surface area contributed by atoms with Crippen molar-refractivity contribution < 1.29 is 9.59 Å². The van der Waals surface area contributed by atoms with Crippen molar-refractivity contribution >= 4 is 11.8 Å². The summed E-state index contributed by atoms with van der Waals surface area (Å²) in [5, 5.41) is 6.14. The Balaban J connectivity index is 1.89. The van der Waals surface area contributed by atoms with Crippen molar-refractivity contribution in [1.82, 2.24) is 15.5 Å². The number of hydrogen-bond acceptors (Lipinski definition) is 3.